The highest BCUT2D eigenvalue weighted by Crippen LogP contribution is 2.24. The van der Waals surface area contributed by atoms with E-state index in [4.69, 9.17) is 5.73 Å². The molecule has 0 aromatic carbocycles. The molecule has 13 heavy (non-hydrogen) atoms. The van der Waals surface area contributed by atoms with Gasteiger partial charge in [-0.3, -0.25) is 4.90 Å². The number of hydrogen-bond acceptors (Lipinski definition) is 2. The SMILES string of the molecule is CC(N1CCC(N)CC1)C(C)(F)F. The summed E-state index contributed by atoms with van der Waals surface area (Å²) in [5.41, 5.74) is 5.69. The second kappa shape index (κ2) is 3.88. The van der Waals surface area contributed by atoms with Gasteiger partial charge in [0.25, 0.3) is 5.92 Å². The molecule has 0 bridgehead atoms. The quantitative estimate of drug-likeness (QED) is 0.717. The predicted molar refractivity (Wildman–Crippen MR) is 48.9 cm³/mol. The number of alkyl halides is 2. The third-order valence-electron chi connectivity index (χ3n) is 2.86. The first-order valence-corrected chi connectivity index (χ1v) is 4.78. The monoisotopic (exact) mass is 192 g/mol. The average molecular weight is 192 g/mol. The Kier molecular flexibility index (Phi) is 3.24. The zero-order chi connectivity index (χ0) is 10.1. The standard InChI is InChI=1S/C9H18F2N2/c1-7(9(2,10)11)13-5-3-8(12)4-6-13/h7-8H,3-6,12H2,1-2H3. The van der Waals surface area contributed by atoms with Crippen LogP contribution in [0.3, 0.4) is 0 Å². The fraction of sp³-hybridized carbons (Fsp3) is 1.00. The number of hydrogen-bond donors (Lipinski definition) is 1. The molecule has 0 aromatic heterocycles. The molecule has 1 aliphatic rings. The summed E-state index contributed by atoms with van der Waals surface area (Å²) in [6.07, 6.45) is 1.67. The van der Waals surface area contributed by atoms with Crippen molar-refractivity contribution in [1.82, 2.24) is 4.90 Å². The number of piperidine rings is 1. The second-order valence-corrected chi connectivity index (χ2v) is 4.01. The van der Waals surface area contributed by atoms with Gasteiger partial charge in [-0.15, -0.1) is 0 Å². The number of rotatable bonds is 2. The molecule has 1 aliphatic heterocycles. The highest BCUT2D eigenvalue weighted by molar-refractivity contribution is 4.83. The molecule has 0 aromatic rings. The largest absolute Gasteiger partial charge is 0.328 e. The molecule has 2 N–H and O–H groups in total. The Morgan fingerprint density at radius 3 is 2.23 bits per heavy atom. The van der Waals surface area contributed by atoms with Gasteiger partial charge in [0, 0.05) is 26.1 Å². The summed E-state index contributed by atoms with van der Waals surface area (Å²) in [7, 11) is 0. The molecular formula is C9H18F2N2. The highest BCUT2D eigenvalue weighted by Gasteiger charge is 2.35. The van der Waals surface area contributed by atoms with Crippen LogP contribution in [-0.4, -0.2) is 36.0 Å². The van der Waals surface area contributed by atoms with Crippen molar-refractivity contribution in [1.29, 1.82) is 0 Å². The van der Waals surface area contributed by atoms with Crippen molar-refractivity contribution in [3.05, 3.63) is 0 Å². The van der Waals surface area contributed by atoms with Gasteiger partial charge in [0.05, 0.1) is 6.04 Å². The molecule has 4 heteroatoms. The smallest absolute Gasteiger partial charge is 0.260 e. The zero-order valence-electron chi connectivity index (χ0n) is 8.26. The van der Waals surface area contributed by atoms with Crippen LogP contribution in [0.1, 0.15) is 26.7 Å². The van der Waals surface area contributed by atoms with Crippen molar-refractivity contribution in [2.75, 3.05) is 13.1 Å². The maximum absolute atomic E-state index is 12.9. The van der Waals surface area contributed by atoms with E-state index < -0.39 is 12.0 Å². The van der Waals surface area contributed by atoms with E-state index >= 15 is 0 Å². The Labute approximate surface area is 78.1 Å². The molecule has 0 saturated carbocycles. The summed E-state index contributed by atoms with van der Waals surface area (Å²) in [6.45, 7) is 3.96. The third kappa shape index (κ3) is 2.88. The van der Waals surface area contributed by atoms with Crippen molar-refractivity contribution in [2.24, 2.45) is 5.73 Å². The van der Waals surface area contributed by atoms with Crippen LogP contribution in [-0.2, 0) is 0 Å². The molecular weight excluding hydrogens is 174 g/mol. The first-order chi connectivity index (χ1) is 5.91. The van der Waals surface area contributed by atoms with Gasteiger partial charge in [0.2, 0.25) is 0 Å². The second-order valence-electron chi connectivity index (χ2n) is 4.01. The van der Waals surface area contributed by atoms with Crippen LogP contribution in [0.5, 0.6) is 0 Å². The topological polar surface area (TPSA) is 29.3 Å². The zero-order valence-corrected chi connectivity index (χ0v) is 8.26. The summed E-state index contributed by atoms with van der Waals surface area (Å²) in [5, 5.41) is 0. The number of halogens is 2. The van der Waals surface area contributed by atoms with E-state index in [2.05, 4.69) is 0 Å². The van der Waals surface area contributed by atoms with Crippen molar-refractivity contribution in [2.45, 2.75) is 44.7 Å². The van der Waals surface area contributed by atoms with E-state index in [1.165, 1.54) is 0 Å². The molecule has 1 heterocycles. The van der Waals surface area contributed by atoms with Gasteiger partial charge in [0.1, 0.15) is 0 Å². The van der Waals surface area contributed by atoms with E-state index in [0.717, 1.165) is 19.8 Å². The number of likely N-dealkylation sites (tertiary alicyclic amines) is 1. The van der Waals surface area contributed by atoms with Crippen LogP contribution in [0, 0.1) is 0 Å². The fourth-order valence-electron chi connectivity index (χ4n) is 1.63. The van der Waals surface area contributed by atoms with Crippen LogP contribution in [0.15, 0.2) is 0 Å². The molecule has 78 valence electrons. The van der Waals surface area contributed by atoms with Gasteiger partial charge in [-0.05, 0) is 19.8 Å². The van der Waals surface area contributed by atoms with Crippen molar-refractivity contribution in [3.8, 4) is 0 Å². The number of nitrogens with zero attached hydrogens (tertiary/aromatic N) is 1. The first-order valence-electron chi connectivity index (χ1n) is 4.78. The molecule has 1 rings (SSSR count). The maximum atomic E-state index is 12.9. The minimum absolute atomic E-state index is 0.203. The van der Waals surface area contributed by atoms with Gasteiger partial charge in [-0.2, -0.15) is 0 Å². The fourth-order valence-corrected chi connectivity index (χ4v) is 1.63. The maximum Gasteiger partial charge on any atom is 0.260 e. The van der Waals surface area contributed by atoms with Gasteiger partial charge in [-0.25, -0.2) is 8.78 Å². The summed E-state index contributed by atoms with van der Waals surface area (Å²) in [5.74, 6) is -2.61. The molecule has 1 atom stereocenters. The Morgan fingerprint density at radius 2 is 1.85 bits per heavy atom. The Bertz CT molecular complexity index is 159. The molecule has 0 spiro atoms. The van der Waals surface area contributed by atoms with Gasteiger partial charge in [0.15, 0.2) is 0 Å². The minimum atomic E-state index is -2.61. The summed E-state index contributed by atoms with van der Waals surface area (Å²) in [6, 6.07) is -0.464. The molecule has 0 radical (unpaired) electrons. The van der Waals surface area contributed by atoms with Crippen LogP contribution in [0.4, 0.5) is 8.78 Å². The molecule has 0 aliphatic carbocycles. The lowest BCUT2D eigenvalue weighted by Gasteiger charge is -2.37. The van der Waals surface area contributed by atoms with Crippen LogP contribution < -0.4 is 5.73 Å². The Hall–Kier alpha value is -0.220. The van der Waals surface area contributed by atoms with E-state index in [9.17, 15) is 8.78 Å². The van der Waals surface area contributed by atoms with Crippen LogP contribution in [0.25, 0.3) is 0 Å². The van der Waals surface area contributed by atoms with Gasteiger partial charge in [-0.1, -0.05) is 0 Å². The van der Waals surface area contributed by atoms with E-state index in [-0.39, 0.29) is 6.04 Å². The molecule has 1 saturated heterocycles. The molecule has 1 unspecified atom stereocenters. The first kappa shape index (κ1) is 10.9. The average Bonchev–Trinajstić information content (AvgIpc) is 2.03. The van der Waals surface area contributed by atoms with E-state index in [0.29, 0.717) is 13.1 Å². The Morgan fingerprint density at radius 1 is 1.38 bits per heavy atom. The summed E-state index contributed by atoms with van der Waals surface area (Å²) >= 11 is 0. The molecule has 1 fully saturated rings. The normalized spacial score (nSPS) is 24.7. The van der Waals surface area contributed by atoms with Crippen LogP contribution in [0.2, 0.25) is 0 Å². The minimum Gasteiger partial charge on any atom is -0.328 e. The predicted octanol–water partition coefficient (Wildman–Crippen LogP) is 1.45. The summed E-state index contributed by atoms with van der Waals surface area (Å²) < 4.78 is 25.8. The lowest BCUT2D eigenvalue weighted by atomic mass is 10.0. The molecule has 0 amide bonds. The van der Waals surface area contributed by atoms with E-state index in [1.54, 1.807) is 6.92 Å². The summed E-state index contributed by atoms with van der Waals surface area (Å²) in [4.78, 5) is 1.82. The van der Waals surface area contributed by atoms with Gasteiger partial charge >= 0.3 is 0 Å². The third-order valence-corrected chi connectivity index (χ3v) is 2.86. The van der Waals surface area contributed by atoms with Crippen molar-refractivity contribution < 1.29 is 8.78 Å². The lowest BCUT2D eigenvalue weighted by Crippen LogP contribution is -2.50. The van der Waals surface area contributed by atoms with E-state index in [1.807, 2.05) is 4.90 Å². The highest BCUT2D eigenvalue weighted by atomic mass is 19.3. The Balaban J connectivity index is 2.45. The van der Waals surface area contributed by atoms with Gasteiger partial charge < -0.3 is 5.73 Å². The number of nitrogens with two attached hydrogens (primary N) is 1. The van der Waals surface area contributed by atoms with Crippen molar-refractivity contribution in [3.63, 3.8) is 0 Å². The van der Waals surface area contributed by atoms with Crippen molar-refractivity contribution >= 4 is 0 Å². The van der Waals surface area contributed by atoms with Crippen LogP contribution >= 0.6 is 0 Å². The lowest BCUT2D eigenvalue weighted by molar-refractivity contribution is -0.0647. The molecule has 2 nitrogen and oxygen atoms in total.